The first-order valence-electron chi connectivity index (χ1n) is 9.02. The van der Waals surface area contributed by atoms with Gasteiger partial charge in [0.1, 0.15) is 0 Å². The van der Waals surface area contributed by atoms with Gasteiger partial charge in [-0.1, -0.05) is 13.8 Å². The van der Waals surface area contributed by atoms with Gasteiger partial charge in [0.05, 0.1) is 19.3 Å². The fourth-order valence-electron chi connectivity index (χ4n) is 4.31. The van der Waals surface area contributed by atoms with Crippen molar-refractivity contribution in [3.63, 3.8) is 0 Å². The van der Waals surface area contributed by atoms with Crippen molar-refractivity contribution in [2.75, 3.05) is 53.0 Å². The second kappa shape index (κ2) is 7.36. The lowest BCUT2D eigenvalue weighted by Gasteiger charge is -2.60. The van der Waals surface area contributed by atoms with Crippen molar-refractivity contribution in [3.05, 3.63) is 0 Å². The number of guanidine groups is 1. The summed E-state index contributed by atoms with van der Waals surface area (Å²) in [6.45, 7) is 11.2. The standard InChI is InChI=1S/C17H32N4O2/c1-17(2)14(13-5-4-10-23-15(13)17)20-16(18-3)19-6-7-21-8-11-22-12-9-21/h13-15H,4-12H2,1-3H3,(H2,18,19,20). The fourth-order valence-corrected chi connectivity index (χ4v) is 4.31. The molecule has 3 fully saturated rings. The molecule has 3 unspecified atom stereocenters. The fraction of sp³-hybridized carbons (Fsp3) is 0.941. The Morgan fingerprint density at radius 2 is 2.04 bits per heavy atom. The molecule has 6 heteroatoms. The Morgan fingerprint density at radius 3 is 2.78 bits per heavy atom. The zero-order chi connectivity index (χ0) is 16.3. The van der Waals surface area contributed by atoms with E-state index in [1.54, 1.807) is 0 Å². The Balaban J connectivity index is 1.45. The average molecular weight is 324 g/mol. The molecule has 2 N–H and O–H groups in total. The molecule has 0 aromatic rings. The number of rotatable bonds is 4. The minimum Gasteiger partial charge on any atom is -0.379 e. The largest absolute Gasteiger partial charge is 0.379 e. The van der Waals surface area contributed by atoms with Crippen LogP contribution in [-0.2, 0) is 9.47 Å². The lowest BCUT2D eigenvalue weighted by molar-refractivity contribution is -0.188. The smallest absolute Gasteiger partial charge is 0.191 e. The third-order valence-electron chi connectivity index (χ3n) is 5.67. The summed E-state index contributed by atoms with van der Waals surface area (Å²) in [6, 6.07) is 0.447. The van der Waals surface area contributed by atoms with Crippen LogP contribution < -0.4 is 10.6 Å². The molecule has 3 aliphatic rings. The Labute approximate surface area is 140 Å². The summed E-state index contributed by atoms with van der Waals surface area (Å²) >= 11 is 0. The maximum absolute atomic E-state index is 5.98. The molecule has 0 aromatic heterocycles. The Morgan fingerprint density at radius 1 is 1.26 bits per heavy atom. The van der Waals surface area contributed by atoms with Gasteiger partial charge in [0.15, 0.2) is 5.96 Å². The number of nitrogens with zero attached hydrogens (tertiary/aromatic N) is 2. The van der Waals surface area contributed by atoms with Crippen LogP contribution in [0, 0.1) is 11.3 Å². The summed E-state index contributed by atoms with van der Waals surface area (Å²) in [4.78, 5) is 6.84. The van der Waals surface area contributed by atoms with Crippen LogP contribution >= 0.6 is 0 Å². The number of morpholine rings is 1. The maximum atomic E-state index is 5.98. The number of hydrogen-bond acceptors (Lipinski definition) is 4. The molecule has 1 aliphatic carbocycles. The van der Waals surface area contributed by atoms with Crippen LogP contribution in [0.2, 0.25) is 0 Å². The maximum Gasteiger partial charge on any atom is 0.191 e. The molecule has 0 aromatic carbocycles. The van der Waals surface area contributed by atoms with Gasteiger partial charge in [0, 0.05) is 57.2 Å². The minimum absolute atomic E-state index is 0.174. The van der Waals surface area contributed by atoms with Crippen LogP contribution in [0.1, 0.15) is 26.7 Å². The molecule has 3 rings (SSSR count). The number of nitrogens with one attached hydrogen (secondary N) is 2. The molecule has 0 radical (unpaired) electrons. The Hall–Kier alpha value is -0.850. The first kappa shape index (κ1) is 17.0. The number of hydrogen-bond donors (Lipinski definition) is 2. The Kier molecular flexibility index (Phi) is 5.44. The van der Waals surface area contributed by atoms with Gasteiger partial charge in [0.2, 0.25) is 0 Å². The van der Waals surface area contributed by atoms with E-state index < -0.39 is 0 Å². The monoisotopic (exact) mass is 324 g/mol. The molecule has 0 amide bonds. The topological polar surface area (TPSA) is 58.1 Å². The highest BCUT2D eigenvalue weighted by Crippen LogP contribution is 2.51. The van der Waals surface area contributed by atoms with E-state index in [0.29, 0.717) is 18.1 Å². The molecule has 6 nitrogen and oxygen atoms in total. The van der Waals surface area contributed by atoms with Crippen LogP contribution in [0.4, 0.5) is 0 Å². The quantitative estimate of drug-likeness (QED) is 0.588. The highest BCUT2D eigenvalue weighted by molar-refractivity contribution is 5.80. The number of aliphatic imine (C=N–C) groups is 1. The molecule has 2 saturated heterocycles. The summed E-state index contributed by atoms with van der Waals surface area (Å²) in [5, 5.41) is 7.11. The van der Waals surface area contributed by atoms with Crippen LogP contribution in [-0.4, -0.2) is 76.1 Å². The molecule has 2 heterocycles. The van der Waals surface area contributed by atoms with Crippen LogP contribution in [0.5, 0.6) is 0 Å². The molecule has 0 bridgehead atoms. The van der Waals surface area contributed by atoms with E-state index in [1.807, 2.05) is 7.05 Å². The molecular formula is C17H32N4O2. The second-order valence-corrected chi connectivity index (χ2v) is 7.49. The molecule has 23 heavy (non-hydrogen) atoms. The average Bonchev–Trinajstić information content (AvgIpc) is 2.58. The van der Waals surface area contributed by atoms with Crippen molar-refractivity contribution in [3.8, 4) is 0 Å². The first-order chi connectivity index (χ1) is 11.1. The van der Waals surface area contributed by atoms with Crippen molar-refractivity contribution in [1.29, 1.82) is 0 Å². The van der Waals surface area contributed by atoms with Crippen molar-refractivity contribution in [1.82, 2.24) is 15.5 Å². The van der Waals surface area contributed by atoms with Gasteiger partial charge in [-0.3, -0.25) is 9.89 Å². The molecular weight excluding hydrogens is 292 g/mol. The zero-order valence-corrected chi connectivity index (χ0v) is 14.8. The lowest BCUT2D eigenvalue weighted by Crippen LogP contribution is -2.71. The van der Waals surface area contributed by atoms with Gasteiger partial charge in [-0.2, -0.15) is 0 Å². The summed E-state index contributed by atoms with van der Waals surface area (Å²) in [6.07, 6.45) is 2.84. The molecule has 1 saturated carbocycles. The van der Waals surface area contributed by atoms with Crippen molar-refractivity contribution < 1.29 is 9.47 Å². The van der Waals surface area contributed by atoms with E-state index in [2.05, 4.69) is 34.4 Å². The summed E-state index contributed by atoms with van der Waals surface area (Å²) in [5.41, 5.74) is 0.174. The lowest BCUT2D eigenvalue weighted by atomic mass is 9.55. The SMILES string of the molecule is CN=C(NCCN1CCOCC1)NC1C2CCCOC2C1(C)C. The van der Waals surface area contributed by atoms with E-state index in [4.69, 9.17) is 9.47 Å². The van der Waals surface area contributed by atoms with Crippen molar-refractivity contribution in [2.24, 2.45) is 16.3 Å². The second-order valence-electron chi connectivity index (χ2n) is 7.49. The zero-order valence-electron chi connectivity index (χ0n) is 14.8. The van der Waals surface area contributed by atoms with E-state index >= 15 is 0 Å². The number of fused-ring (bicyclic) bond motifs is 1. The predicted molar refractivity (Wildman–Crippen MR) is 91.8 cm³/mol. The predicted octanol–water partition coefficient (Wildman–Crippen LogP) is 0.687. The molecule has 132 valence electrons. The van der Waals surface area contributed by atoms with E-state index in [1.165, 1.54) is 12.8 Å². The van der Waals surface area contributed by atoms with E-state index in [0.717, 1.165) is 52.0 Å². The summed E-state index contributed by atoms with van der Waals surface area (Å²) in [5.74, 6) is 1.54. The van der Waals surface area contributed by atoms with Crippen molar-refractivity contribution in [2.45, 2.75) is 38.8 Å². The minimum atomic E-state index is 0.174. The van der Waals surface area contributed by atoms with Crippen LogP contribution in [0.3, 0.4) is 0 Å². The summed E-state index contributed by atoms with van der Waals surface area (Å²) < 4.78 is 11.4. The van der Waals surface area contributed by atoms with Gasteiger partial charge < -0.3 is 20.1 Å². The molecule has 2 aliphatic heterocycles. The number of ether oxygens (including phenoxy) is 2. The van der Waals surface area contributed by atoms with E-state index in [9.17, 15) is 0 Å². The molecule has 0 spiro atoms. The van der Waals surface area contributed by atoms with Gasteiger partial charge in [-0.15, -0.1) is 0 Å². The van der Waals surface area contributed by atoms with Gasteiger partial charge in [-0.25, -0.2) is 0 Å². The first-order valence-corrected chi connectivity index (χ1v) is 9.02. The third-order valence-corrected chi connectivity index (χ3v) is 5.67. The van der Waals surface area contributed by atoms with E-state index in [-0.39, 0.29) is 5.41 Å². The van der Waals surface area contributed by atoms with Gasteiger partial charge in [-0.05, 0) is 12.8 Å². The van der Waals surface area contributed by atoms with Gasteiger partial charge in [0.25, 0.3) is 0 Å². The Bertz CT molecular complexity index is 421. The van der Waals surface area contributed by atoms with Gasteiger partial charge >= 0.3 is 0 Å². The highest BCUT2D eigenvalue weighted by atomic mass is 16.5. The third kappa shape index (κ3) is 3.64. The highest BCUT2D eigenvalue weighted by Gasteiger charge is 2.58. The normalized spacial score (nSPS) is 34.4. The van der Waals surface area contributed by atoms with Crippen molar-refractivity contribution >= 4 is 5.96 Å². The molecule has 3 atom stereocenters. The summed E-state index contributed by atoms with van der Waals surface area (Å²) in [7, 11) is 1.85. The van der Waals surface area contributed by atoms with Crippen LogP contribution in [0.25, 0.3) is 0 Å². The van der Waals surface area contributed by atoms with Crippen LogP contribution in [0.15, 0.2) is 4.99 Å².